The molecule has 0 aliphatic rings. The topological polar surface area (TPSA) is 57.5 Å². The molecule has 0 fully saturated rings. The van der Waals surface area contributed by atoms with Crippen LogP contribution >= 0.6 is 11.6 Å². The van der Waals surface area contributed by atoms with Crippen LogP contribution in [0.2, 0.25) is 5.02 Å². The number of hydrogen-bond acceptors (Lipinski definition) is 2. The minimum atomic E-state index is -4.46. The van der Waals surface area contributed by atoms with Gasteiger partial charge in [-0.3, -0.25) is 0 Å². The van der Waals surface area contributed by atoms with E-state index in [9.17, 15) is 23.1 Å². The van der Waals surface area contributed by atoms with Gasteiger partial charge in [0.05, 0.1) is 5.56 Å². The van der Waals surface area contributed by atoms with Crippen molar-refractivity contribution in [1.82, 2.24) is 0 Å². The molecular weight excluding hydrogens is 321 g/mol. The smallest absolute Gasteiger partial charge is 0.416 e. The standard InChI is InChI=1S/C15H10ClF3O3/c16-11-3-1-2-10(12(11)13(20)14(21)22)8-4-6-9(7-5-8)15(17,18)19/h1-7,13,20H,(H,21,22). The molecule has 22 heavy (non-hydrogen) atoms. The molecular formula is C15H10ClF3O3. The minimum Gasteiger partial charge on any atom is -0.479 e. The molecule has 7 heteroatoms. The van der Waals surface area contributed by atoms with Gasteiger partial charge in [-0.15, -0.1) is 0 Å². The van der Waals surface area contributed by atoms with Crippen molar-refractivity contribution in [1.29, 1.82) is 0 Å². The molecule has 1 unspecified atom stereocenters. The molecule has 2 aromatic carbocycles. The van der Waals surface area contributed by atoms with Crippen molar-refractivity contribution in [3.05, 3.63) is 58.6 Å². The van der Waals surface area contributed by atoms with Crippen LogP contribution in [0.15, 0.2) is 42.5 Å². The summed E-state index contributed by atoms with van der Waals surface area (Å²) < 4.78 is 37.7. The van der Waals surface area contributed by atoms with E-state index in [0.29, 0.717) is 5.56 Å². The number of halogens is 4. The molecule has 0 aliphatic carbocycles. The van der Waals surface area contributed by atoms with Gasteiger partial charge >= 0.3 is 12.1 Å². The highest BCUT2D eigenvalue weighted by Gasteiger charge is 2.30. The number of aliphatic hydroxyl groups excluding tert-OH is 1. The van der Waals surface area contributed by atoms with E-state index in [1.54, 1.807) is 0 Å². The summed E-state index contributed by atoms with van der Waals surface area (Å²) >= 11 is 5.92. The van der Waals surface area contributed by atoms with Crippen molar-refractivity contribution < 1.29 is 28.2 Å². The Morgan fingerprint density at radius 3 is 2.18 bits per heavy atom. The third kappa shape index (κ3) is 3.23. The molecule has 0 saturated heterocycles. The van der Waals surface area contributed by atoms with E-state index in [0.717, 1.165) is 12.1 Å². The summed E-state index contributed by atoms with van der Waals surface area (Å²) in [6.45, 7) is 0. The van der Waals surface area contributed by atoms with Crippen molar-refractivity contribution >= 4 is 17.6 Å². The molecule has 0 saturated carbocycles. The minimum absolute atomic E-state index is 0.0206. The van der Waals surface area contributed by atoms with Crippen LogP contribution < -0.4 is 0 Å². The van der Waals surface area contributed by atoms with Gasteiger partial charge in [-0.2, -0.15) is 13.2 Å². The zero-order valence-electron chi connectivity index (χ0n) is 10.9. The largest absolute Gasteiger partial charge is 0.479 e. The van der Waals surface area contributed by atoms with Gasteiger partial charge in [-0.05, 0) is 29.3 Å². The number of hydrogen-bond donors (Lipinski definition) is 2. The molecule has 1 atom stereocenters. The first-order valence-electron chi connectivity index (χ1n) is 6.08. The molecule has 0 heterocycles. The number of rotatable bonds is 3. The Labute approximate surface area is 128 Å². The SMILES string of the molecule is O=C(O)C(O)c1c(Cl)cccc1-c1ccc(C(F)(F)F)cc1. The highest BCUT2D eigenvalue weighted by molar-refractivity contribution is 6.32. The molecule has 116 valence electrons. The predicted molar refractivity (Wildman–Crippen MR) is 74.5 cm³/mol. The van der Waals surface area contributed by atoms with Crippen molar-refractivity contribution in [3.63, 3.8) is 0 Å². The van der Waals surface area contributed by atoms with E-state index in [4.69, 9.17) is 16.7 Å². The average molecular weight is 331 g/mol. The average Bonchev–Trinajstić information content (AvgIpc) is 2.45. The molecule has 2 rings (SSSR count). The normalized spacial score (nSPS) is 13.0. The quantitative estimate of drug-likeness (QED) is 0.889. The predicted octanol–water partition coefficient (Wildman–Crippen LogP) is 4.14. The molecule has 0 aliphatic heterocycles. The molecule has 0 bridgehead atoms. The van der Waals surface area contributed by atoms with Crippen LogP contribution in [0.4, 0.5) is 13.2 Å². The van der Waals surface area contributed by atoms with Crippen LogP contribution in [0.5, 0.6) is 0 Å². The lowest BCUT2D eigenvalue weighted by atomic mass is 9.95. The molecule has 0 spiro atoms. The number of aliphatic carboxylic acids is 1. The molecule has 0 aromatic heterocycles. The van der Waals surface area contributed by atoms with E-state index < -0.39 is 23.8 Å². The van der Waals surface area contributed by atoms with Crippen LogP contribution in [0, 0.1) is 0 Å². The summed E-state index contributed by atoms with van der Waals surface area (Å²) in [6.07, 6.45) is -6.33. The van der Waals surface area contributed by atoms with Crippen LogP contribution in [0.1, 0.15) is 17.2 Å². The first kappa shape index (κ1) is 16.3. The van der Waals surface area contributed by atoms with E-state index >= 15 is 0 Å². The first-order chi connectivity index (χ1) is 10.2. The fourth-order valence-corrected chi connectivity index (χ4v) is 2.31. The number of carboxylic acids is 1. The molecule has 0 amide bonds. The summed E-state index contributed by atoms with van der Waals surface area (Å²) in [6, 6.07) is 8.57. The molecule has 2 N–H and O–H groups in total. The summed E-state index contributed by atoms with van der Waals surface area (Å²) in [5.74, 6) is -1.50. The maximum atomic E-state index is 12.6. The fraction of sp³-hybridized carbons (Fsp3) is 0.133. The Morgan fingerprint density at radius 2 is 1.68 bits per heavy atom. The second kappa shape index (κ2) is 5.98. The van der Waals surface area contributed by atoms with Gasteiger partial charge < -0.3 is 10.2 Å². The Balaban J connectivity index is 2.54. The van der Waals surface area contributed by atoms with Gasteiger partial charge in [0, 0.05) is 10.6 Å². The summed E-state index contributed by atoms with van der Waals surface area (Å²) in [5.41, 5.74) is -0.294. The van der Waals surface area contributed by atoms with Gasteiger partial charge in [-0.1, -0.05) is 35.9 Å². The van der Waals surface area contributed by atoms with Crippen molar-refractivity contribution in [2.75, 3.05) is 0 Å². The second-order valence-electron chi connectivity index (χ2n) is 4.52. The number of alkyl halides is 3. The third-order valence-corrected chi connectivity index (χ3v) is 3.41. The summed E-state index contributed by atoms with van der Waals surface area (Å²) in [7, 11) is 0. The number of aliphatic hydroxyl groups is 1. The Hall–Kier alpha value is -2.05. The molecule has 2 aromatic rings. The van der Waals surface area contributed by atoms with Crippen molar-refractivity contribution in [2.24, 2.45) is 0 Å². The van der Waals surface area contributed by atoms with Gasteiger partial charge in [0.25, 0.3) is 0 Å². The van der Waals surface area contributed by atoms with E-state index in [-0.39, 0.29) is 16.1 Å². The molecule has 0 radical (unpaired) electrons. The lowest BCUT2D eigenvalue weighted by Gasteiger charge is -2.15. The third-order valence-electron chi connectivity index (χ3n) is 3.08. The Morgan fingerprint density at radius 1 is 1.09 bits per heavy atom. The Kier molecular flexibility index (Phi) is 4.44. The highest BCUT2D eigenvalue weighted by atomic mass is 35.5. The fourth-order valence-electron chi connectivity index (χ4n) is 2.03. The van der Waals surface area contributed by atoms with Crippen molar-refractivity contribution in [3.8, 4) is 11.1 Å². The Bertz CT molecular complexity index is 696. The zero-order valence-corrected chi connectivity index (χ0v) is 11.7. The summed E-state index contributed by atoms with van der Waals surface area (Å²) in [5, 5.41) is 18.7. The van der Waals surface area contributed by atoms with E-state index in [2.05, 4.69) is 0 Å². The maximum absolute atomic E-state index is 12.6. The summed E-state index contributed by atoms with van der Waals surface area (Å²) in [4.78, 5) is 11.0. The highest BCUT2D eigenvalue weighted by Crippen LogP contribution is 2.36. The maximum Gasteiger partial charge on any atom is 0.416 e. The van der Waals surface area contributed by atoms with Crippen LogP contribution in [-0.4, -0.2) is 16.2 Å². The van der Waals surface area contributed by atoms with Gasteiger partial charge in [0.15, 0.2) is 6.10 Å². The van der Waals surface area contributed by atoms with E-state index in [1.807, 2.05) is 0 Å². The number of carbonyl (C=O) groups is 1. The van der Waals surface area contributed by atoms with Crippen LogP contribution in [0.25, 0.3) is 11.1 Å². The molecule has 3 nitrogen and oxygen atoms in total. The lowest BCUT2D eigenvalue weighted by molar-refractivity contribution is -0.147. The van der Waals surface area contributed by atoms with Gasteiger partial charge in [0.1, 0.15) is 0 Å². The van der Waals surface area contributed by atoms with Crippen LogP contribution in [-0.2, 0) is 11.0 Å². The van der Waals surface area contributed by atoms with Gasteiger partial charge in [0.2, 0.25) is 0 Å². The van der Waals surface area contributed by atoms with E-state index in [1.165, 1.54) is 30.3 Å². The van der Waals surface area contributed by atoms with Crippen LogP contribution in [0.3, 0.4) is 0 Å². The van der Waals surface area contributed by atoms with Crippen molar-refractivity contribution in [2.45, 2.75) is 12.3 Å². The number of benzene rings is 2. The van der Waals surface area contributed by atoms with Gasteiger partial charge in [-0.25, -0.2) is 4.79 Å². The zero-order chi connectivity index (χ0) is 16.5. The lowest BCUT2D eigenvalue weighted by Crippen LogP contribution is -2.12. The monoisotopic (exact) mass is 330 g/mol. The number of carboxylic acid groups (broad SMARTS) is 1. The second-order valence-corrected chi connectivity index (χ2v) is 4.92. The first-order valence-corrected chi connectivity index (χ1v) is 6.46.